The zero-order valence-corrected chi connectivity index (χ0v) is 8.25. The van der Waals surface area contributed by atoms with Crippen molar-refractivity contribution in [2.75, 3.05) is 5.73 Å². The van der Waals surface area contributed by atoms with Gasteiger partial charge in [-0.3, -0.25) is 0 Å². The molecule has 2 heterocycles. The maximum absolute atomic E-state index is 5.59. The number of aromatic nitrogens is 2. The molecule has 0 atom stereocenters. The first-order chi connectivity index (χ1) is 6.81. The van der Waals surface area contributed by atoms with E-state index in [-0.39, 0.29) is 0 Å². The van der Waals surface area contributed by atoms with E-state index in [1.54, 1.807) is 6.20 Å². The fourth-order valence-electron chi connectivity index (χ4n) is 1.26. The van der Waals surface area contributed by atoms with Gasteiger partial charge in [0.05, 0.1) is 16.4 Å². The molecule has 2 N–H and O–H groups in total. The molecular weight excluding hydrogens is 198 g/mol. The lowest BCUT2D eigenvalue weighted by Gasteiger charge is -2.00. The Bertz CT molecular complexity index is 478. The van der Waals surface area contributed by atoms with Crippen molar-refractivity contribution in [3.8, 4) is 5.88 Å². The molecule has 14 heavy (non-hydrogen) atoms. The second kappa shape index (κ2) is 2.81. The fourth-order valence-corrected chi connectivity index (χ4v) is 1.94. The molecule has 0 radical (unpaired) electrons. The molecule has 1 saturated carbocycles. The van der Waals surface area contributed by atoms with Crippen molar-refractivity contribution in [1.29, 1.82) is 0 Å². The van der Waals surface area contributed by atoms with Crippen LogP contribution < -0.4 is 10.5 Å². The van der Waals surface area contributed by atoms with E-state index in [1.807, 2.05) is 6.07 Å². The van der Waals surface area contributed by atoms with Gasteiger partial charge in [0.1, 0.15) is 6.10 Å². The van der Waals surface area contributed by atoms with Crippen LogP contribution in [0.4, 0.5) is 5.13 Å². The van der Waals surface area contributed by atoms with Crippen LogP contribution in [0.2, 0.25) is 0 Å². The number of rotatable bonds is 2. The van der Waals surface area contributed by atoms with E-state index in [4.69, 9.17) is 10.5 Å². The van der Waals surface area contributed by atoms with E-state index in [0.29, 0.717) is 17.1 Å². The van der Waals surface area contributed by atoms with Gasteiger partial charge in [-0.25, -0.2) is 9.97 Å². The number of ether oxygens (including phenoxy) is 1. The van der Waals surface area contributed by atoms with E-state index in [1.165, 1.54) is 11.3 Å². The van der Waals surface area contributed by atoms with Crippen molar-refractivity contribution in [3.63, 3.8) is 0 Å². The number of pyridine rings is 1. The summed E-state index contributed by atoms with van der Waals surface area (Å²) >= 11 is 1.44. The van der Waals surface area contributed by atoms with Gasteiger partial charge < -0.3 is 10.5 Å². The lowest BCUT2D eigenvalue weighted by Crippen LogP contribution is -1.97. The van der Waals surface area contributed by atoms with Gasteiger partial charge >= 0.3 is 0 Å². The molecule has 1 aliphatic rings. The first-order valence-electron chi connectivity index (χ1n) is 4.50. The normalized spacial score (nSPS) is 16.0. The minimum Gasteiger partial charge on any atom is -0.474 e. The zero-order valence-electron chi connectivity index (χ0n) is 7.43. The third-order valence-corrected chi connectivity index (χ3v) is 2.91. The van der Waals surface area contributed by atoms with Crippen LogP contribution in [0.15, 0.2) is 12.3 Å². The van der Waals surface area contributed by atoms with Crippen LogP contribution in [0, 0.1) is 0 Å². The van der Waals surface area contributed by atoms with E-state index >= 15 is 0 Å². The Morgan fingerprint density at radius 2 is 2.36 bits per heavy atom. The van der Waals surface area contributed by atoms with E-state index < -0.39 is 0 Å². The second-order valence-corrected chi connectivity index (χ2v) is 4.42. The van der Waals surface area contributed by atoms with E-state index in [9.17, 15) is 0 Å². The van der Waals surface area contributed by atoms with Gasteiger partial charge in [0.15, 0.2) is 5.13 Å². The molecule has 1 fully saturated rings. The SMILES string of the molecule is Nc1nc2cc(OC3CC3)ncc2s1. The fraction of sp³-hybridized carbons (Fsp3) is 0.333. The van der Waals surface area contributed by atoms with Crippen molar-refractivity contribution >= 4 is 26.7 Å². The largest absolute Gasteiger partial charge is 0.474 e. The molecule has 5 heteroatoms. The Hall–Kier alpha value is -1.36. The molecule has 0 amide bonds. The molecule has 2 aromatic rings. The highest BCUT2D eigenvalue weighted by Gasteiger charge is 2.24. The lowest BCUT2D eigenvalue weighted by molar-refractivity contribution is 0.291. The lowest BCUT2D eigenvalue weighted by atomic mass is 10.4. The van der Waals surface area contributed by atoms with Crippen LogP contribution in [0.3, 0.4) is 0 Å². The molecule has 0 spiro atoms. The summed E-state index contributed by atoms with van der Waals surface area (Å²) in [5, 5.41) is 0.574. The first-order valence-corrected chi connectivity index (χ1v) is 5.31. The highest BCUT2D eigenvalue weighted by Crippen LogP contribution is 2.29. The van der Waals surface area contributed by atoms with Crippen LogP contribution in [0.5, 0.6) is 5.88 Å². The summed E-state index contributed by atoms with van der Waals surface area (Å²) in [5.41, 5.74) is 6.47. The Morgan fingerprint density at radius 1 is 1.50 bits per heavy atom. The number of hydrogen-bond donors (Lipinski definition) is 1. The summed E-state index contributed by atoms with van der Waals surface area (Å²) in [5.74, 6) is 0.658. The molecule has 72 valence electrons. The van der Waals surface area contributed by atoms with Crippen LogP contribution in [-0.4, -0.2) is 16.1 Å². The number of fused-ring (bicyclic) bond motifs is 1. The maximum Gasteiger partial charge on any atom is 0.215 e. The molecule has 2 aromatic heterocycles. The molecule has 1 aliphatic carbocycles. The van der Waals surface area contributed by atoms with Gasteiger partial charge in [0.2, 0.25) is 5.88 Å². The summed E-state index contributed by atoms with van der Waals surface area (Å²) < 4.78 is 6.56. The number of nitrogen functional groups attached to an aromatic ring is 1. The highest BCUT2D eigenvalue weighted by molar-refractivity contribution is 7.22. The Labute approximate surface area is 84.7 Å². The summed E-state index contributed by atoms with van der Waals surface area (Å²) in [6, 6.07) is 1.85. The Kier molecular flexibility index (Phi) is 1.61. The molecular formula is C9H9N3OS. The maximum atomic E-state index is 5.59. The zero-order chi connectivity index (χ0) is 9.54. The standard InChI is InChI=1S/C9H9N3OS/c10-9-12-6-3-8(13-5-1-2-5)11-4-7(6)14-9/h3-5H,1-2H2,(H2,10,12). The van der Waals surface area contributed by atoms with Crippen molar-refractivity contribution in [3.05, 3.63) is 12.3 Å². The molecule has 4 nitrogen and oxygen atoms in total. The average Bonchev–Trinajstić information content (AvgIpc) is 2.86. The molecule has 0 aromatic carbocycles. The number of nitrogens with zero attached hydrogens (tertiary/aromatic N) is 2. The minimum atomic E-state index is 0.371. The van der Waals surface area contributed by atoms with Gasteiger partial charge in [-0.1, -0.05) is 11.3 Å². The Balaban J connectivity index is 2.00. The molecule has 0 bridgehead atoms. The third-order valence-electron chi connectivity index (χ3n) is 2.08. The van der Waals surface area contributed by atoms with Gasteiger partial charge in [0.25, 0.3) is 0 Å². The first kappa shape index (κ1) is 7.99. The summed E-state index contributed by atoms with van der Waals surface area (Å²) in [6.07, 6.45) is 4.41. The number of anilines is 1. The minimum absolute atomic E-state index is 0.371. The van der Waals surface area contributed by atoms with Gasteiger partial charge in [-0.05, 0) is 12.8 Å². The summed E-state index contributed by atoms with van der Waals surface area (Å²) in [7, 11) is 0. The van der Waals surface area contributed by atoms with Crippen LogP contribution in [0.1, 0.15) is 12.8 Å². The number of hydrogen-bond acceptors (Lipinski definition) is 5. The van der Waals surface area contributed by atoms with Crippen LogP contribution >= 0.6 is 11.3 Å². The third kappa shape index (κ3) is 1.39. The quantitative estimate of drug-likeness (QED) is 0.815. The van der Waals surface area contributed by atoms with Crippen LogP contribution in [-0.2, 0) is 0 Å². The molecule has 0 unspecified atom stereocenters. The van der Waals surface area contributed by atoms with Gasteiger partial charge in [-0.2, -0.15) is 0 Å². The predicted octanol–water partition coefficient (Wildman–Crippen LogP) is 1.81. The van der Waals surface area contributed by atoms with Crippen molar-refractivity contribution in [2.45, 2.75) is 18.9 Å². The van der Waals surface area contributed by atoms with Crippen molar-refractivity contribution in [1.82, 2.24) is 9.97 Å². The van der Waals surface area contributed by atoms with Crippen LogP contribution in [0.25, 0.3) is 10.2 Å². The topological polar surface area (TPSA) is 61.0 Å². The Morgan fingerprint density at radius 3 is 3.14 bits per heavy atom. The number of nitrogens with two attached hydrogens (primary N) is 1. The van der Waals surface area contributed by atoms with E-state index in [0.717, 1.165) is 23.1 Å². The van der Waals surface area contributed by atoms with Crippen molar-refractivity contribution < 1.29 is 4.74 Å². The molecule has 0 saturated heterocycles. The predicted molar refractivity (Wildman–Crippen MR) is 55.5 cm³/mol. The monoisotopic (exact) mass is 207 g/mol. The number of thiazole rings is 1. The second-order valence-electron chi connectivity index (χ2n) is 3.36. The smallest absolute Gasteiger partial charge is 0.215 e. The highest BCUT2D eigenvalue weighted by atomic mass is 32.1. The van der Waals surface area contributed by atoms with Gasteiger partial charge in [0, 0.05) is 6.07 Å². The van der Waals surface area contributed by atoms with Crippen molar-refractivity contribution in [2.24, 2.45) is 0 Å². The van der Waals surface area contributed by atoms with Gasteiger partial charge in [-0.15, -0.1) is 0 Å². The average molecular weight is 207 g/mol. The summed E-state index contributed by atoms with van der Waals surface area (Å²) in [6.45, 7) is 0. The molecule has 0 aliphatic heterocycles. The molecule has 3 rings (SSSR count). The van der Waals surface area contributed by atoms with E-state index in [2.05, 4.69) is 9.97 Å². The summed E-state index contributed by atoms with van der Waals surface area (Å²) in [4.78, 5) is 8.37.